The van der Waals surface area contributed by atoms with Crippen molar-refractivity contribution in [1.82, 2.24) is 10.6 Å². The van der Waals surface area contributed by atoms with Crippen molar-refractivity contribution in [3.63, 3.8) is 0 Å². The Morgan fingerprint density at radius 3 is 2.27 bits per heavy atom. The van der Waals surface area contributed by atoms with Gasteiger partial charge in [-0.05, 0) is 42.7 Å². The molecule has 2 aromatic rings. The molecule has 2 rings (SSSR count). The van der Waals surface area contributed by atoms with E-state index in [-0.39, 0.29) is 30.5 Å². The van der Waals surface area contributed by atoms with E-state index in [1.165, 1.54) is 0 Å². The van der Waals surface area contributed by atoms with Gasteiger partial charge in [-0.3, -0.25) is 4.99 Å². The van der Waals surface area contributed by atoms with Crippen molar-refractivity contribution in [2.75, 3.05) is 41.0 Å². The number of guanidine groups is 1. The minimum atomic E-state index is -0.774. The summed E-state index contributed by atoms with van der Waals surface area (Å²) in [5.41, 5.74) is 1.82. The zero-order valence-corrected chi connectivity index (χ0v) is 20.3. The average Bonchev–Trinajstić information content (AvgIpc) is 2.77. The molecule has 0 saturated carbocycles. The first-order valence-electron chi connectivity index (χ1n) is 9.66. The molecule has 2 aromatic carbocycles. The fourth-order valence-electron chi connectivity index (χ4n) is 2.87. The number of nitrogens with one attached hydrogen (secondary N) is 2. The minimum Gasteiger partial charge on any atom is -0.497 e. The molecule has 0 aromatic heterocycles. The van der Waals surface area contributed by atoms with Gasteiger partial charge in [-0.2, -0.15) is 0 Å². The number of aliphatic hydroxyl groups excluding tert-OH is 1. The van der Waals surface area contributed by atoms with Crippen molar-refractivity contribution in [3.05, 3.63) is 53.6 Å². The number of para-hydroxylation sites is 1. The number of ether oxygens (including phenoxy) is 3. The number of hydrogen-bond acceptors (Lipinski definition) is 5. The van der Waals surface area contributed by atoms with Crippen LogP contribution >= 0.6 is 24.0 Å². The van der Waals surface area contributed by atoms with Crippen molar-refractivity contribution < 1.29 is 19.3 Å². The predicted octanol–water partition coefficient (Wildman–Crippen LogP) is 3.16. The highest BCUT2D eigenvalue weighted by Crippen LogP contribution is 2.26. The van der Waals surface area contributed by atoms with Crippen LogP contribution in [-0.2, 0) is 6.42 Å². The molecule has 3 N–H and O–H groups in total. The van der Waals surface area contributed by atoms with Gasteiger partial charge in [0.2, 0.25) is 0 Å². The quantitative estimate of drug-likeness (QED) is 0.249. The average molecular weight is 529 g/mol. The van der Waals surface area contributed by atoms with E-state index in [0.29, 0.717) is 29.6 Å². The van der Waals surface area contributed by atoms with Gasteiger partial charge in [-0.15, -0.1) is 24.0 Å². The van der Waals surface area contributed by atoms with Crippen LogP contribution in [0.2, 0.25) is 0 Å². The summed E-state index contributed by atoms with van der Waals surface area (Å²) < 4.78 is 15.9. The van der Waals surface area contributed by atoms with E-state index in [4.69, 9.17) is 14.2 Å². The number of halogens is 1. The maximum atomic E-state index is 10.6. The van der Waals surface area contributed by atoms with Crippen LogP contribution in [-0.4, -0.2) is 52.0 Å². The zero-order valence-electron chi connectivity index (χ0n) is 18.0. The molecule has 1 unspecified atom stereocenters. The van der Waals surface area contributed by atoms with Gasteiger partial charge in [0.25, 0.3) is 0 Å². The third-order valence-electron chi connectivity index (χ3n) is 4.40. The SMILES string of the molecule is CCNC(=NCC(O)c1cc(OC)cc(OC)c1)NCCc1ccccc1OC.I. The van der Waals surface area contributed by atoms with Gasteiger partial charge >= 0.3 is 0 Å². The standard InChI is InChI=1S/C22H31N3O4.HI/c1-5-23-22(24-11-10-16-8-6-7-9-21(16)29-4)25-15-20(26)17-12-18(27-2)14-19(13-17)28-3;/h6-9,12-14,20,26H,5,10-11,15H2,1-4H3,(H2,23,24,25);1H. The summed E-state index contributed by atoms with van der Waals surface area (Å²) in [6, 6.07) is 13.3. The largest absolute Gasteiger partial charge is 0.497 e. The van der Waals surface area contributed by atoms with Crippen molar-refractivity contribution in [3.8, 4) is 17.2 Å². The smallest absolute Gasteiger partial charge is 0.191 e. The van der Waals surface area contributed by atoms with Crippen molar-refractivity contribution in [2.45, 2.75) is 19.4 Å². The number of rotatable bonds is 10. The molecular weight excluding hydrogens is 497 g/mol. The van der Waals surface area contributed by atoms with Crippen molar-refractivity contribution >= 4 is 29.9 Å². The lowest BCUT2D eigenvalue weighted by molar-refractivity contribution is 0.186. The highest BCUT2D eigenvalue weighted by atomic mass is 127. The highest BCUT2D eigenvalue weighted by molar-refractivity contribution is 14.0. The van der Waals surface area contributed by atoms with Crippen LogP contribution in [0.4, 0.5) is 0 Å². The summed E-state index contributed by atoms with van der Waals surface area (Å²) in [6.07, 6.45) is 0.0213. The van der Waals surface area contributed by atoms with E-state index in [1.807, 2.05) is 31.2 Å². The summed E-state index contributed by atoms with van der Waals surface area (Å²) in [6.45, 7) is 3.62. The molecule has 8 heteroatoms. The van der Waals surface area contributed by atoms with Gasteiger partial charge in [0.15, 0.2) is 5.96 Å². The lowest BCUT2D eigenvalue weighted by atomic mass is 10.1. The van der Waals surface area contributed by atoms with Gasteiger partial charge in [0, 0.05) is 19.2 Å². The summed E-state index contributed by atoms with van der Waals surface area (Å²) in [7, 11) is 4.84. The topological polar surface area (TPSA) is 84.3 Å². The Balaban J connectivity index is 0.00000450. The van der Waals surface area contributed by atoms with Crippen LogP contribution in [0.1, 0.15) is 24.2 Å². The number of nitrogens with zero attached hydrogens (tertiary/aromatic N) is 1. The van der Waals surface area contributed by atoms with Crippen LogP contribution in [0.15, 0.2) is 47.5 Å². The third kappa shape index (κ3) is 7.91. The van der Waals surface area contributed by atoms with E-state index in [2.05, 4.69) is 15.6 Å². The summed E-state index contributed by atoms with van der Waals surface area (Å²) in [5.74, 6) is 2.78. The van der Waals surface area contributed by atoms with Crippen molar-refractivity contribution in [2.24, 2.45) is 4.99 Å². The Kier molecular flexibility index (Phi) is 12.0. The van der Waals surface area contributed by atoms with Gasteiger partial charge in [0.1, 0.15) is 17.2 Å². The molecule has 0 fully saturated rings. The molecule has 0 radical (unpaired) electrons. The van der Waals surface area contributed by atoms with Gasteiger partial charge in [-0.1, -0.05) is 18.2 Å². The normalized spacial score (nSPS) is 11.8. The second-order valence-corrected chi connectivity index (χ2v) is 6.37. The molecule has 0 aliphatic rings. The first-order chi connectivity index (χ1) is 14.1. The summed E-state index contributed by atoms with van der Waals surface area (Å²) >= 11 is 0. The lowest BCUT2D eigenvalue weighted by Crippen LogP contribution is -2.38. The molecule has 0 aliphatic carbocycles. The Bertz CT molecular complexity index is 779. The summed E-state index contributed by atoms with van der Waals surface area (Å²) in [4.78, 5) is 4.51. The van der Waals surface area contributed by atoms with Gasteiger partial charge in [-0.25, -0.2) is 0 Å². The first kappa shape index (κ1) is 25.8. The van der Waals surface area contributed by atoms with E-state index in [9.17, 15) is 5.11 Å². The molecule has 0 heterocycles. The maximum Gasteiger partial charge on any atom is 0.191 e. The number of aliphatic hydroxyl groups is 1. The second-order valence-electron chi connectivity index (χ2n) is 6.37. The van der Waals surface area contributed by atoms with Gasteiger partial charge < -0.3 is 30.0 Å². The first-order valence-corrected chi connectivity index (χ1v) is 9.66. The van der Waals surface area contributed by atoms with Crippen LogP contribution < -0.4 is 24.8 Å². The Hall–Kier alpha value is -2.20. The second kappa shape index (κ2) is 13.9. The predicted molar refractivity (Wildman–Crippen MR) is 131 cm³/mol. The molecule has 1 atom stereocenters. The number of methoxy groups -OCH3 is 3. The van der Waals surface area contributed by atoms with Crippen LogP contribution in [0.3, 0.4) is 0 Å². The molecule has 0 aliphatic heterocycles. The fraction of sp³-hybridized carbons (Fsp3) is 0.409. The Morgan fingerprint density at radius 1 is 1.00 bits per heavy atom. The zero-order chi connectivity index (χ0) is 21.1. The fourth-order valence-corrected chi connectivity index (χ4v) is 2.87. The van der Waals surface area contributed by atoms with E-state index in [1.54, 1.807) is 39.5 Å². The molecule has 166 valence electrons. The number of aliphatic imine (C=N–C) groups is 1. The van der Waals surface area contributed by atoms with Crippen LogP contribution in [0.25, 0.3) is 0 Å². The molecule has 0 amide bonds. The lowest BCUT2D eigenvalue weighted by Gasteiger charge is -2.15. The number of benzene rings is 2. The van der Waals surface area contributed by atoms with Crippen LogP contribution in [0, 0.1) is 0 Å². The summed E-state index contributed by atoms with van der Waals surface area (Å²) in [5, 5.41) is 17.1. The molecule has 30 heavy (non-hydrogen) atoms. The number of hydrogen-bond donors (Lipinski definition) is 3. The Labute approximate surface area is 195 Å². The third-order valence-corrected chi connectivity index (χ3v) is 4.40. The molecule has 0 saturated heterocycles. The van der Waals surface area contributed by atoms with Gasteiger partial charge in [0.05, 0.1) is 34.0 Å². The Morgan fingerprint density at radius 2 is 1.67 bits per heavy atom. The van der Waals surface area contributed by atoms with Crippen LogP contribution in [0.5, 0.6) is 17.2 Å². The molecule has 0 spiro atoms. The highest BCUT2D eigenvalue weighted by Gasteiger charge is 2.11. The van der Waals surface area contributed by atoms with E-state index in [0.717, 1.165) is 24.3 Å². The monoisotopic (exact) mass is 529 g/mol. The molecule has 0 bridgehead atoms. The van der Waals surface area contributed by atoms with E-state index < -0.39 is 6.10 Å². The maximum absolute atomic E-state index is 10.6. The minimum absolute atomic E-state index is 0. The molecular formula is C22H32IN3O4. The van der Waals surface area contributed by atoms with Crippen molar-refractivity contribution in [1.29, 1.82) is 0 Å². The van der Waals surface area contributed by atoms with E-state index >= 15 is 0 Å². The molecule has 7 nitrogen and oxygen atoms in total.